The molecule has 0 bridgehead atoms. The number of nitroso groups, excluding NO2 is 1. The van der Waals surface area contributed by atoms with Crippen LogP contribution in [-0.2, 0) is 6.54 Å². The Morgan fingerprint density at radius 2 is 2.20 bits per heavy atom. The van der Waals surface area contributed by atoms with Crippen LogP contribution in [0.25, 0.3) is 0 Å². The molecule has 0 saturated carbocycles. The Morgan fingerprint density at radius 1 is 1.40 bits per heavy atom. The number of nitrogens with one attached hydrogen (secondary N) is 1. The zero-order valence-corrected chi connectivity index (χ0v) is 11.3. The average Bonchev–Trinajstić information content (AvgIpc) is 2.45. The van der Waals surface area contributed by atoms with Gasteiger partial charge in [-0.15, -0.1) is 0 Å². The second-order valence-electron chi connectivity index (χ2n) is 3.85. The van der Waals surface area contributed by atoms with E-state index in [0.29, 0.717) is 5.69 Å². The zero-order chi connectivity index (χ0) is 14.5. The van der Waals surface area contributed by atoms with E-state index in [1.54, 1.807) is 13.1 Å². The second kappa shape index (κ2) is 6.29. The summed E-state index contributed by atoms with van der Waals surface area (Å²) in [6.45, 7) is -0.169. The number of nitrogens with zero attached hydrogens (tertiary/aromatic N) is 2. The molecule has 0 aliphatic heterocycles. The van der Waals surface area contributed by atoms with Gasteiger partial charge < -0.3 is 10.1 Å². The molecule has 0 radical (unpaired) electrons. The lowest BCUT2D eigenvalue weighted by Crippen LogP contribution is -1.95. The number of pyridine rings is 1. The van der Waals surface area contributed by atoms with Crippen LogP contribution in [0.2, 0.25) is 5.02 Å². The predicted molar refractivity (Wildman–Crippen MR) is 74.8 cm³/mol. The minimum atomic E-state index is -0.528. The standard InChI is InChI=1S/C13H11ClFN3O2/c1-16-8-2-3-11(9(15)6-8)20-12-4-5-17-10(7-18-19)13(12)14/h2-6,16H,7H2,1H3. The average molecular weight is 296 g/mol. The maximum atomic E-state index is 13.8. The fraction of sp³-hybridized carbons (Fsp3) is 0.154. The van der Waals surface area contributed by atoms with Crippen LogP contribution in [0.4, 0.5) is 10.1 Å². The molecule has 5 nitrogen and oxygen atoms in total. The number of ether oxygens (including phenoxy) is 1. The summed E-state index contributed by atoms with van der Waals surface area (Å²) in [6.07, 6.45) is 1.42. The number of hydrogen-bond donors (Lipinski definition) is 1. The van der Waals surface area contributed by atoms with Crippen molar-refractivity contribution in [3.63, 3.8) is 0 Å². The van der Waals surface area contributed by atoms with Crippen molar-refractivity contribution in [1.82, 2.24) is 4.98 Å². The van der Waals surface area contributed by atoms with Gasteiger partial charge in [0.25, 0.3) is 0 Å². The number of aromatic nitrogens is 1. The summed E-state index contributed by atoms with van der Waals surface area (Å²) in [5.74, 6) is -0.279. The molecule has 0 saturated heterocycles. The molecule has 2 aromatic rings. The predicted octanol–water partition coefficient (Wildman–Crippen LogP) is 3.97. The number of rotatable bonds is 5. The zero-order valence-electron chi connectivity index (χ0n) is 10.6. The van der Waals surface area contributed by atoms with Crippen LogP contribution in [0.3, 0.4) is 0 Å². The lowest BCUT2D eigenvalue weighted by molar-refractivity contribution is 0.441. The maximum Gasteiger partial charge on any atom is 0.167 e. The van der Waals surface area contributed by atoms with Crippen molar-refractivity contribution >= 4 is 17.3 Å². The van der Waals surface area contributed by atoms with Crippen molar-refractivity contribution in [1.29, 1.82) is 0 Å². The second-order valence-corrected chi connectivity index (χ2v) is 4.23. The Kier molecular flexibility index (Phi) is 4.47. The van der Waals surface area contributed by atoms with Gasteiger partial charge in [0.05, 0.1) is 5.69 Å². The topological polar surface area (TPSA) is 63.6 Å². The van der Waals surface area contributed by atoms with Crippen molar-refractivity contribution in [2.24, 2.45) is 5.18 Å². The summed E-state index contributed by atoms with van der Waals surface area (Å²) in [7, 11) is 1.69. The highest BCUT2D eigenvalue weighted by molar-refractivity contribution is 6.32. The third-order valence-electron chi connectivity index (χ3n) is 2.58. The van der Waals surface area contributed by atoms with Gasteiger partial charge in [0, 0.05) is 31.1 Å². The van der Waals surface area contributed by atoms with Gasteiger partial charge in [-0.05, 0) is 12.1 Å². The highest BCUT2D eigenvalue weighted by Crippen LogP contribution is 2.33. The van der Waals surface area contributed by atoms with Gasteiger partial charge in [-0.25, -0.2) is 4.39 Å². The van der Waals surface area contributed by atoms with E-state index in [0.717, 1.165) is 0 Å². The van der Waals surface area contributed by atoms with E-state index in [4.69, 9.17) is 16.3 Å². The van der Waals surface area contributed by atoms with Crippen molar-refractivity contribution in [3.05, 3.63) is 51.9 Å². The van der Waals surface area contributed by atoms with Crippen LogP contribution in [0.1, 0.15) is 5.69 Å². The molecule has 0 atom stereocenters. The van der Waals surface area contributed by atoms with E-state index in [1.807, 2.05) is 0 Å². The van der Waals surface area contributed by atoms with Gasteiger partial charge in [0.1, 0.15) is 17.3 Å². The Hall–Kier alpha value is -2.21. The van der Waals surface area contributed by atoms with E-state index in [-0.39, 0.29) is 28.8 Å². The van der Waals surface area contributed by atoms with E-state index in [1.165, 1.54) is 24.4 Å². The Bertz CT molecular complexity index is 637. The van der Waals surface area contributed by atoms with Crippen molar-refractivity contribution in [3.8, 4) is 11.5 Å². The molecular weight excluding hydrogens is 285 g/mol. The fourth-order valence-corrected chi connectivity index (χ4v) is 1.78. The summed E-state index contributed by atoms with van der Waals surface area (Å²) in [4.78, 5) is 14.2. The van der Waals surface area contributed by atoms with Crippen molar-refractivity contribution in [2.45, 2.75) is 6.54 Å². The Balaban J connectivity index is 2.30. The fourth-order valence-electron chi connectivity index (χ4n) is 1.57. The molecule has 7 heteroatoms. The van der Waals surface area contributed by atoms with Gasteiger partial charge in [-0.3, -0.25) is 4.98 Å². The van der Waals surface area contributed by atoms with E-state index in [9.17, 15) is 9.30 Å². The third kappa shape index (κ3) is 3.03. The Labute approximate surface area is 119 Å². The number of anilines is 1. The van der Waals surface area contributed by atoms with Gasteiger partial charge in [0.15, 0.2) is 11.6 Å². The van der Waals surface area contributed by atoms with Gasteiger partial charge in [-0.2, -0.15) is 4.91 Å². The molecule has 0 spiro atoms. The number of halogens is 2. The molecule has 20 heavy (non-hydrogen) atoms. The minimum absolute atomic E-state index is 0.0297. The molecule has 1 aromatic heterocycles. The van der Waals surface area contributed by atoms with Crippen LogP contribution < -0.4 is 10.1 Å². The normalized spacial score (nSPS) is 10.2. The highest BCUT2D eigenvalue weighted by atomic mass is 35.5. The molecule has 0 aliphatic carbocycles. The first kappa shape index (κ1) is 14.2. The minimum Gasteiger partial charge on any atom is -0.453 e. The number of benzene rings is 1. The third-order valence-corrected chi connectivity index (χ3v) is 2.99. The van der Waals surface area contributed by atoms with Crippen LogP contribution in [-0.4, -0.2) is 12.0 Å². The molecule has 2 rings (SSSR count). The molecule has 1 N–H and O–H groups in total. The lowest BCUT2D eigenvalue weighted by atomic mass is 10.3. The summed E-state index contributed by atoms with van der Waals surface area (Å²) >= 11 is 6.03. The monoisotopic (exact) mass is 295 g/mol. The largest absolute Gasteiger partial charge is 0.453 e. The van der Waals surface area contributed by atoms with Crippen LogP contribution in [0, 0.1) is 10.7 Å². The first-order chi connectivity index (χ1) is 9.65. The highest BCUT2D eigenvalue weighted by Gasteiger charge is 2.12. The molecule has 0 fully saturated rings. The quantitative estimate of drug-likeness (QED) is 0.848. The first-order valence-corrected chi connectivity index (χ1v) is 6.11. The maximum absolute atomic E-state index is 13.8. The van der Waals surface area contributed by atoms with Crippen LogP contribution in [0.15, 0.2) is 35.6 Å². The van der Waals surface area contributed by atoms with E-state index < -0.39 is 5.82 Å². The molecule has 1 heterocycles. The van der Waals surface area contributed by atoms with Gasteiger partial charge >= 0.3 is 0 Å². The molecule has 0 amide bonds. The summed E-state index contributed by atoms with van der Waals surface area (Å²) < 4.78 is 19.2. The van der Waals surface area contributed by atoms with Crippen LogP contribution >= 0.6 is 11.6 Å². The SMILES string of the molecule is CNc1ccc(Oc2ccnc(CN=O)c2Cl)c(F)c1. The van der Waals surface area contributed by atoms with Gasteiger partial charge in [0.2, 0.25) is 0 Å². The Morgan fingerprint density at radius 3 is 2.85 bits per heavy atom. The van der Waals surface area contributed by atoms with E-state index in [2.05, 4.69) is 15.5 Å². The van der Waals surface area contributed by atoms with Crippen molar-refractivity contribution in [2.75, 3.05) is 12.4 Å². The summed E-state index contributed by atoms with van der Waals surface area (Å²) in [6, 6.07) is 5.94. The first-order valence-electron chi connectivity index (χ1n) is 5.73. The smallest absolute Gasteiger partial charge is 0.167 e. The number of hydrogen-bond acceptors (Lipinski definition) is 5. The molecule has 1 aromatic carbocycles. The molecular formula is C13H11ClFN3O2. The lowest BCUT2D eigenvalue weighted by Gasteiger charge is -2.10. The summed E-state index contributed by atoms with van der Waals surface area (Å²) in [5.41, 5.74) is 0.910. The van der Waals surface area contributed by atoms with Crippen molar-refractivity contribution < 1.29 is 9.13 Å². The summed E-state index contributed by atoms with van der Waals surface area (Å²) in [5, 5.41) is 5.68. The van der Waals surface area contributed by atoms with E-state index >= 15 is 0 Å². The van der Waals surface area contributed by atoms with Crippen LogP contribution in [0.5, 0.6) is 11.5 Å². The molecule has 104 valence electrons. The molecule has 0 unspecified atom stereocenters. The molecule has 0 aliphatic rings. The van der Waals surface area contributed by atoms with Gasteiger partial charge in [-0.1, -0.05) is 16.8 Å².